The maximum Gasteiger partial charge on any atom is 0.129 e. The second-order valence-electron chi connectivity index (χ2n) is 3.69. The molecule has 4 heteroatoms. The highest BCUT2D eigenvalue weighted by atomic mass is 35.5. The molecule has 0 aliphatic carbocycles. The highest BCUT2D eigenvalue weighted by Crippen LogP contribution is 2.35. The molecule has 0 fully saturated rings. The van der Waals surface area contributed by atoms with Crippen molar-refractivity contribution < 1.29 is 4.39 Å². The predicted octanol–water partition coefficient (Wildman–Crippen LogP) is 5.43. The highest BCUT2D eigenvalue weighted by molar-refractivity contribution is 7.12. The van der Waals surface area contributed by atoms with E-state index >= 15 is 0 Å². The summed E-state index contributed by atoms with van der Waals surface area (Å²) in [7, 11) is 0. The smallest absolute Gasteiger partial charge is 0.129 e. The number of hydrogen-bond acceptors (Lipinski definition) is 1. The number of alkyl halides is 1. The average molecular weight is 289 g/mol. The van der Waals surface area contributed by atoms with Gasteiger partial charge in [0.15, 0.2) is 0 Å². The van der Waals surface area contributed by atoms with Gasteiger partial charge in [-0.05, 0) is 30.7 Å². The van der Waals surface area contributed by atoms with E-state index in [4.69, 9.17) is 23.2 Å². The van der Waals surface area contributed by atoms with Crippen LogP contribution in [-0.2, 0) is 6.42 Å². The van der Waals surface area contributed by atoms with Crippen LogP contribution in [0.5, 0.6) is 0 Å². The first-order valence-corrected chi connectivity index (χ1v) is 6.92. The minimum atomic E-state index is -0.447. The Morgan fingerprint density at radius 2 is 2.06 bits per heavy atom. The van der Waals surface area contributed by atoms with Crippen molar-refractivity contribution >= 4 is 34.5 Å². The Kier molecular flexibility index (Phi) is 4.08. The van der Waals surface area contributed by atoms with Gasteiger partial charge in [-0.1, -0.05) is 24.6 Å². The van der Waals surface area contributed by atoms with Crippen molar-refractivity contribution in [3.63, 3.8) is 0 Å². The van der Waals surface area contributed by atoms with Gasteiger partial charge in [0.1, 0.15) is 5.82 Å². The fourth-order valence-corrected chi connectivity index (χ4v) is 3.07. The van der Waals surface area contributed by atoms with Crippen LogP contribution >= 0.6 is 34.5 Å². The minimum Gasteiger partial charge on any atom is -0.207 e. The third-order valence-electron chi connectivity index (χ3n) is 2.52. The quantitative estimate of drug-likeness (QED) is 0.661. The van der Waals surface area contributed by atoms with Crippen LogP contribution in [-0.4, -0.2) is 0 Å². The zero-order valence-electron chi connectivity index (χ0n) is 9.21. The average Bonchev–Trinajstić information content (AvgIpc) is 2.76. The molecule has 0 spiro atoms. The summed E-state index contributed by atoms with van der Waals surface area (Å²) >= 11 is 13.6. The van der Waals surface area contributed by atoms with Gasteiger partial charge in [0.2, 0.25) is 0 Å². The molecule has 0 saturated heterocycles. The van der Waals surface area contributed by atoms with Crippen LogP contribution in [0.3, 0.4) is 0 Å². The fraction of sp³-hybridized carbons (Fsp3) is 0.231. The lowest BCUT2D eigenvalue weighted by molar-refractivity contribution is 0.613. The van der Waals surface area contributed by atoms with E-state index in [9.17, 15) is 4.39 Å². The molecule has 1 unspecified atom stereocenters. The van der Waals surface area contributed by atoms with Crippen LogP contribution in [0.1, 0.15) is 27.6 Å². The molecule has 1 aromatic heterocycles. The largest absolute Gasteiger partial charge is 0.207 e. The van der Waals surface area contributed by atoms with Crippen molar-refractivity contribution in [2.45, 2.75) is 18.7 Å². The standard InChI is InChI=1S/C13H11Cl2FS/c1-2-9-4-6-12(17-9)13(15)10-5-3-8(14)7-11(10)16/h3-7,13H,2H2,1H3. The van der Waals surface area contributed by atoms with E-state index in [1.54, 1.807) is 23.5 Å². The third kappa shape index (κ3) is 2.82. The molecule has 0 bridgehead atoms. The molecule has 0 aliphatic heterocycles. The maximum atomic E-state index is 13.7. The molecular formula is C13H11Cl2FS. The summed E-state index contributed by atoms with van der Waals surface area (Å²) in [6, 6.07) is 8.57. The summed E-state index contributed by atoms with van der Waals surface area (Å²) in [4.78, 5) is 2.21. The third-order valence-corrected chi connectivity index (χ3v) is 4.65. The summed E-state index contributed by atoms with van der Waals surface area (Å²) in [5.41, 5.74) is 0.473. The van der Waals surface area contributed by atoms with E-state index in [1.807, 2.05) is 12.1 Å². The second-order valence-corrected chi connectivity index (χ2v) is 5.76. The molecule has 0 nitrogen and oxygen atoms in total. The van der Waals surface area contributed by atoms with Gasteiger partial charge in [-0.25, -0.2) is 4.39 Å². The van der Waals surface area contributed by atoms with Crippen molar-refractivity contribution in [1.29, 1.82) is 0 Å². The molecule has 0 saturated carbocycles. The van der Waals surface area contributed by atoms with Gasteiger partial charge in [0.05, 0.1) is 5.38 Å². The van der Waals surface area contributed by atoms with Gasteiger partial charge in [0, 0.05) is 20.3 Å². The van der Waals surface area contributed by atoms with Crippen molar-refractivity contribution in [3.05, 3.63) is 56.5 Å². The maximum absolute atomic E-state index is 13.7. The summed E-state index contributed by atoms with van der Waals surface area (Å²) < 4.78 is 13.7. The Morgan fingerprint density at radius 3 is 2.65 bits per heavy atom. The van der Waals surface area contributed by atoms with Crippen LogP contribution in [0.15, 0.2) is 30.3 Å². The number of aryl methyl sites for hydroxylation is 1. The van der Waals surface area contributed by atoms with E-state index in [-0.39, 0.29) is 5.82 Å². The molecule has 0 aliphatic rings. The Labute approximate surface area is 114 Å². The second kappa shape index (κ2) is 5.38. The Morgan fingerprint density at radius 1 is 1.29 bits per heavy atom. The van der Waals surface area contributed by atoms with Crippen molar-refractivity contribution in [1.82, 2.24) is 0 Å². The normalized spacial score (nSPS) is 12.7. The van der Waals surface area contributed by atoms with Gasteiger partial charge in [-0.2, -0.15) is 0 Å². The molecule has 17 heavy (non-hydrogen) atoms. The molecule has 0 amide bonds. The van der Waals surface area contributed by atoms with E-state index < -0.39 is 5.38 Å². The summed E-state index contributed by atoms with van der Waals surface area (Å²) in [6.45, 7) is 2.09. The number of halogens is 3. The van der Waals surface area contributed by atoms with Crippen LogP contribution < -0.4 is 0 Å². The molecule has 1 heterocycles. The predicted molar refractivity (Wildman–Crippen MR) is 72.8 cm³/mol. The molecule has 2 rings (SSSR count). The molecule has 0 radical (unpaired) electrons. The van der Waals surface area contributed by atoms with Crippen LogP contribution in [0.2, 0.25) is 5.02 Å². The first-order valence-electron chi connectivity index (χ1n) is 5.29. The van der Waals surface area contributed by atoms with Crippen molar-refractivity contribution in [3.8, 4) is 0 Å². The monoisotopic (exact) mass is 288 g/mol. The van der Waals surface area contributed by atoms with Crippen LogP contribution in [0.4, 0.5) is 4.39 Å². The lowest BCUT2D eigenvalue weighted by atomic mass is 10.1. The Hall–Kier alpha value is -0.570. The number of benzene rings is 1. The number of rotatable bonds is 3. The van der Waals surface area contributed by atoms with Gasteiger partial charge in [-0.15, -0.1) is 22.9 Å². The van der Waals surface area contributed by atoms with Crippen LogP contribution in [0.25, 0.3) is 0 Å². The molecule has 1 aromatic carbocycles. The molecule has 1 atom stereocenters. The van der Waals surface area contributed by atoms with E-state index in [0.717, 1.165) is 11.3 Å². The molecular weight excluding hydrogens is 278 g/mol. The lowest BCUT2D eigenvalue weighted by Crippen LogP contribution is -1.94. The van der Waals surface area contributed by atoms with Gasteiger partial charge < -0.3 is 0 Å². The van der Waals surface area contributed by atoms with Crippen molar-refractivity contribution in [2.24, 2.45) is 0 Å². The summed E-state index contributed by atoms with van der Waals surface area (Å²) in [5, 5.41) is -0.0619. The van der Waals surface area contributed by atoms with Gasteiger partial charge >= 0.3 is 0 Å². The van der Waals surface area contributed by atoms with Gasteiger partial charge in [-0.3, -0.25) is 0 Å². The first kappa shape index (κ1) is 12.9. The molecule has 2 aromatic rings. The van der Waals surface area contributed by atoms with Crippen molar-refractivity contribution in [2.75, 3.05) is 0 Å². The first-order chi connectivity index (χ1) is 8.11. The number of thiophene rings is 1. The van der Waals surface area contributed by atoms with E-state index in [0.29, 0.717) is 10.6 Å². The van der Waals surface area contributed by atoms with E-state index in [1.165, 1.54) is 10.9 Å². The topological polar surface area (TPSA) is 0 Å². The SMILES string of the molecule is CCc1ccc(C(Cl)c2ccc(Cl)cc2F)s1. The number of hydrogen-bond donors (Lipinski definition) is 0. The highest BCUT2D eigenvalue weighted by Gasteiger charge is 2.17. The van der Waals surface area contributed by atoms with Crippen LogP contribution in [0, 0.1) is 5.82 Å². The molecule has 90 valence electrons. The molecule has 0 N–H and O–H groups in total. The fourth-order valence-electron chi connectivity index (χ4n) is 1.58. The Balaban J connectivity index is 2.33. The lowest BCUT2D eigenvalue weighted by Gasteiger charge is -2.09. The minimum absolute atomic E-state index is 0.357. The van der Waals surface area contributed by atoms with Gasteiger partial charge in [0.25, 0.3) is 0 Å². The van der Waals surface area contributed by atoms with E-state index in [2.05, 4.69) is 6.92 Å². The summed E-state index contributed by atoms with van der Waals surface area (Å²) in [5.74, 6) is -0.357. The summed E-state index contributed by atoms with van der Waals surface area (Å²) in [6.07, 6.45) is 0.970. The zero-order chi connectivity index (χ0) is 12.4. The Bertz CT molecular complexity index is 522. The zero-order valence-corrected chi connectivity index (χ0v) is 11.5.